The molecular formula is C23H32. The lowest BCUT2D eigenvalue weighted by Gasteiger charge is -2.22. The quantitative estimate of drug-likeness (QED) is 0.495. The summed E-state index contributed by atoms with van der Waals surface area (Å²) in [5.74, 6) is 0.722. The summed E-state index contributed by atoms with van der Waals surface area (Å²) in [6, 6.07) is 11.3. The van der Waals surface area contributed by atoms with E-state index < -0.39 is 0 Å². The fraction of sp³-hybridized carbons (Fsp3) is 0.565. The number of benzene rings is 1. The molecule has 2 aliphatic carbocycles. The van der Waals surface area contributed by atoms with Crippen molar-refractivity contribution >= 4 is 5.57 Å². The van der Waals surface area contributed by atoms with Gasteiger partial charge in [-0.25, -0.2) is 0 Å². The number of unbranched alkanes of at least 4 members (excludes halogenated alkanes) is 2. The first-order valence-electron chi connectivity index (χ1n) is 9.87. The fourth-order valence-corrected chi connectivity index (χ4v) is 4.56. The van der Waals surface area contributed by atoms with Crippen LogP contribution in [0, 0.1) is 5.92 Å². The maximum Gasteiger partial charge on any atom is 0.00628 e. The van der Waals surface area contributed by atoms with Crippen molar-refractivity contribution in [2.24, 2.45) is 5.92 Å². The van der Waals surface area contributed by atoms with Crippen LogP contribution >= 0.6 is 0 Å². The summed E-state index contributed by atoms with van der Waals surface area (Å²) in [5, 5.41) is 0. The zero-order valence-electron chi connectivity index (χ0n) is 15.0. The van der Waals surface area contributed by atoms with Crippen molar-refractivity contribution in [3.05, 3.63) is 52.6 Å². The minimum absolute atomic E-state index is 0.722. The van der Waals surface area contributed by atoms with Crippen LogP contribution in [0.3, 0.4) is 0 Å². The molecule has 1 unspecified atom stereocenters. The lowest BCUT2D eigenvalue weighted by molar-refractivity contribution is 0.577. The van der Waals surface area contributed by atoms with Gasteiger partial charge in [0.15, 0.2) is 0 Å². The highest BCUT2D eigenvalue weighted by atomic mass is 14.4. The Morgan fingerprint density at radius 3 is 2.39 bits per heavy atom. The van der Waals surface area contributed by atoms with Gasteiger partial charge in [-0.2, -0.15) is 0 Å². The average Bonchev–Trinajstić information content (AvgIpc) is 2.92. The van der Waals surface area contributed by atoms with E-state index in [-0.39, 0.29) is 0 Å². The van der Waals surface area contributed by atoms with Gasteiger partial charge in [0.25, 0.3) is 0 Å². The van der Waals surface area contributed by atoms with E-state index in [0.717, 1.165) is 5.92 Å². The Balaban J connectivity index is 2.03. The van der Waals surface area contributed by atoms with E-state index in [1.807, 2.05) is 5.57 Å². The molecule has 124 valence electrons. The largest absolute Gasteiger partial charge is 0.0654 e. The molecule has 0 spiro atoms. The van der Waals surface area contributed by atoms with Gasteiger partial charge in [-0.1, -0.05) is 69.0 Å². The first kappa shape index (κ1) is 16.6. The molecule has 23 heavy (non-hydrogen) atoms. The summed E-state index contributed by atoms with van der Waals surface area (Å²) in [6.45, 7) is 4.65. The van der Waals surface area contributed by atoms with Crippen molar-refractivity contribution in [1.82, 2.24) is 0 Å². The zero-order chi connectivity index (χ0) is 16.1. The molecule has 0 nitrogen and oxygen atoms in total. The highest BCUT2D eigenvalue weighted by Gasteiger charge is 2.34. The van der Waals surface area contributed by atoms with E-state index in [1.54, 1.807) is 16.7 Å². The predicted molar refractivity (Wildman–Crippen MR) is 101 cm³/mol. The summed E-state index contributed by atoms with van der Waals surface area (Å²) >= 11 is 0. The Labute approximate surface area is 142 Å². The molecular weight excluding hydrogens is 276 g/mol. The van der Waals surface area contributed by atoms with Crippen LogP contribution in [0.25, 0.3) is 5.57 Å². The number of hydrogen-bond acceptors (Lipinski definition) is 0. The summed E-state index contributed by atoms with van der Waals surface area (Å²) in [6.07, 6.45) is 13.5. The zero-order valence-corrected chi connectivity index (χ0v) is 15.0. The van der Waals surface area contributed by atoms with Crippen LogP contribution in [0.4, 0.5) is 0 Å². The number of allylic oxidation sites excluding steroid dienone is 4. The predicted octanol–water partition coefficient (Wildman–Crippen LogP) is 7.32. The van der Waals surface area contributed by atoms with E-state index in [1.165, 1.54) is 69.8 Å². The maximum atomic E-state index is 2.35. The van der Waals surface area contributed by atoms with Gasteiger partial charge in [0.05, 0.1) is 0 Å². The normalized spacial score (nSPS) is 21.0. The molecule has 0 amide bonds. The summed E-state index contributed by atoms with van der Waals surface area (Å²) in [7, 11) is 0. The lowest BCUT2D eigenvalue weighted by atomic mass is 9.82. The van der Waals surface area contributed by atoms with Crippen molar-refractivity contribution in [2.75, 3.05) is 0 Å². The van der Waals surface area contributed by atoms with Crippen LogP contribution < -0.4 is 0 Å². The topological polar surface area (TPSA) is 0 Å². The minimum Gasteiger partial charge on any atom is -0.0654 e. The van der Waals surface area contributed by atoms with Crippen molar-refractivity contribution in [3.63, 3.8) is 0 Å². The Morgan fingerprint density at radius 1 is 0.913 bits per heavy atom. The van der Waals surface area contributed by atoms with Gasteiger partial charge >= 0.3 is 0 Å². The third-order valence-corrected chi connectivity index (χ3v) is 5.68. The first-order valence-corrected chi connectivity index (χ1v) is 9.87. The van der Waals surface area contributed by atoms with Crippen LogP contribution in [0.15, 0.2) is 47.1 Å². The monoisotopic (exact) mass is 308 g/mol. The van der Waals surface area contributed by atoms with Crippen molar-refractivity contribution in [3.8, 4) is 0 Å². The lowest BCUT2D eigenvalue weighted by Crippen LogP contribution is -2.07. The molecule has 1 aromatic rings. The van der Waals surface area contributed by atoms with Gasteiger partial charge in [-0.05, 0) is 67.2 Å². The maximum absolute atomic E-state index is 2.35. The molecule has 0 radical (unpaired) electrons. The molecule has 1 atom stereocenters. The Hall–Kier alpha value is -1.30. The fourth-order valence-electron chi connectivity index (χ4n) is 4.56. The molecule has 0 saturated carbocycles. The second-order valence-corrected chi connectivity index (χ2v) is 7.27. The van der Waals surface area contributed by atoms with Gasteiger partial charge in [0.1, 0.15) is 0 Å². The van der Waals surface area contributed by atoms with E-state index in [2.05, 4.69) is 44.2 Å². The second-order valence-electron chi connectivity index (χ2n) is 7.27. The molecule has 0 aliphatic heterocycles. The molecule has 0 fully saturated rings. The Morgan fingerprint density at radius 2 is 1.65 bits per heavy atom. The van der Waals surface area contributed by atoms with Crippen LogP contribution in [0.1, 0.15) is 83.6 Å². The first-order chi connectivity index (χ1) is 11.4. The molecule has 0 N–H and O–H groups in total. The van der Waals surface area contributed by atoms with Crippen LogP contribution in [-0.2, 0) is 0 Å². The molecule has 1 aromatic carbocycles. The van der Waals surface area contributed by atoms with Gasteiger partial charge in [-0.3, -0.25) is 0 Å². The summed E-state index contributed by atoms with van der Waals surface area (Å²) in [4.78, 5) is 0. The standard InChI is InChI=1S/C23H32/c1-3-5-14-21-19-16-10-11-17-20(19)22(15-6-4-2)23(21)18-12-8-7-9-13-18/h7-9,12-13,21H,3-6,10-11,14-17H2,1-2H3. The van der Waals surface area contributed by atoms with E-state index in [9.17, 15) is 0 Å². The third kappa shape index (κ3) is 3.47. The van der Waals surface area contributed by atoms with Crippen molar-refractivity contribution in [2.45, 2.75) is 78.1 Å². The molecule has 0 heterocycles. The van der Waals surface area contributed by atoms with E-state index >= 15 is 0 Å². The Bertz CT molecular complexity index is 573. The molecule has 0 saturated heterocycles. The molecule has 2 aliphatic rings. The van der Waals surface area contributed by atoms with Gasteiger partial charge in [0.2, 0.25) is 0 Å². The van der Waals surface area contributed by atoms with Gasteiger partial charge < -0.3 is 0 Å². The van der Waals surface area contributed by atoms with E-state index in [4.69, 9.17) is 0 Å². The number of rotatable bonds is 7. The van der Waals surface area contributed by atoms with E-state index in [0.29, 0.717) is 0 Å². The SMILES string of the molecule is CCCCC1=C(c2ccccc2)C(CCCC)C2=C1CCCC2. The number of hydrogen-bond donors (Lipinski definition) is 0. The average molecular weight is 309 g/mol. The van der Waals surface area contributed by atoms with Crippen molar-refractivity contribution in [1.29, 1.82) is 0 Å². The minimum atomic E-state index is 0.722. The molecule has 0 aromatic heterocycles. The highest BCUT2D eigenvalue weighted by molar-refractivity contribution is 5.81. The van der Waals surface area contributed by atoms with Crippen LogP contribution in [0.2, 0.25) is 0 Å². The third-order valence-electron chi connectivity index (χ3n) is 5.68. The summed E-state index contributed by atoms with van der Waals surface area (Å²) in [5.41, 5.74) is 8.56. The van der Waals surface area contributed by atoms with Crippen molar-refractivity contribution < 1.29 is 0 Å². The smallest absolute Gasteiger partial charge is 0.00628 e. The van der Waals surface area contributed by atoms with Gasteiger partial charge in [-0.15, -0.1) is 0 Å². The summed E-state index contributed by atoms with van der Waals surface area (Å²) < 4.78 is 0. The molecule has 3 rings (SSSR count). The molecule has 0 heteroatoms. The highest BCUT2D eigenvalue weighted by Crippen LogP contribution is 2.51. The van der Waals surface area contributed by atoms with Gasteiger partial charge in [0, 0.05) is 5.92 Å². The molecule has 0 bridgehead atoms. The Kier molecular flexibility index (Phi) is 5.75. The van der Waals surface area contributed by atoms with Crippen LogP contribution in [0.5, 0.6) is 0 Å². The second kappa shape index (κ2) is 7.99. The van der Waals surface area contributed by atoms with Crippen LogP contribution in [-0.4, -0.2) is 0 Å².